The van der Waals surface area contributed by atoms with Crippen LogP contribution in [0.15, 0.2) is 35.4 Å². The summed E-state index contributed by atoms with van der Waals surface area (Å²) >= 11 is 5.41. The van der Waals surface area contributed by atoms with Crippen LogP contribution in [0, 0.1) is 0 Å². The van der Waals surface area contributed by atoms with Gasteiger partial charge in [0.2, 0.25) is 0 Å². The second-order valence-electron chi connectivity index (χ2n) is 2.21. The summed E-state index contributed by atoms with van der Waals surface area (Å²) in [6, 6.07) is 9.05. The van der Waals surface area contributed by atoms with Crippen LogP contribution < -0.4 is 0 Å². The van der Waals surface area contributed by atoms with E-state index in [0.29, 0.717) is 0 Å². The molecule has 76 valence electrons. The van der Waals surface area contributed by atoms with E-state index in [1.807, 2.05) is 18.2 Å². The third-order valence-electron chi connectivity index (χ3n) is 1.30. The number of carboxylic acid groups (broad SMARTS) is 1. The smallest absolute Gasteiger partial charge is 0.347 e. The molecule has 1 rings (SSSR count). The number of carboxylic acids is 1. The van der Waals surface area contributed by atoms with Crippen molar-refractivity contribution in [1.29, 1.82) is 0 Å². The van der Waals surface area contributed by atoms with Gasteiger partial charge in [0.15, 0.2) is 0 Å². The van der Waals surface area contributed by atoms with Crippen molar-refractivity contribution < 1.29 is 15.0 Å². The van der Waals surface area contributed by atoms with E-state index in [0.717, 1.165) is 12.7 Å². The number of carbonyl (C=O) groups is 1. The highest BCUT2D eigenvalue weighted by atomic mass is 35.5. The van der Waals surface area contributed by atoms with E-state index in [-0.39, 0.29) is 5.03 Å². The van der Waals surface area contributed by atoms with Gasteiger partial charge in [0.1, 0.15) is 5.03 Å². The number of halogens is 1. The number of aliphatic hydroxyl groups excluding tert-OH is 1. The average molecular weight is 215 g/mol. The average Bonchev–Trinajstić information content (AvgIpc) is 2.22. The topological polar surface area (TPSA) is 57.5 Å². The first-order valence-electron chi connectivity index (χ1n) is 3.80. The first-order valence-corrected chi connectivity index (χ1v) is 4.18. The lowest BCUT2D eigenvalue weighted by Crippen LogP contribution is -1.92. The van der Waals surface area contributed by atoms with Gasteiger partial charge in [0.05, 0.1) is 0 Å². The molecule has 0 spiro atoms. The van der Waals surface area contributed by atoms with E-state index < -0.39 is 5.97 Å². The lowest BCUT2D eigenvalue weighted by Gasteiger charge is -1.91. The Kier molecular flexibility index (Phi) is 6.45. The molecular formula is C10H11ClO3. The molecule has 1 aromatic carbocycles. The third kappa shape index (κ3) is 4.64. The SMILES string of the molecule is CO.O=C(O)C(Cl)=Cc1ccccc1. The van der Waals surface area contributed by atoms with Gasteiger partial charge in [-0.2, -0.15) is 0 Å². The molecule has 0 atom stereocenters. The predicted molar refractivity (Wildman–Crippen MR) is 56.1 cm³/mol. The van der Waals surface area contributed by atoms with Crippen molar-refractivity contribution in [1.82, 2.24) is 0 Å². The van der Waals surface area contributed by atoms with Crippen LogP contribution in [0.5, 0.6) is 0 Å². The van der Waals surface area contributed by atoms with Crippen LogP contribution in [0.4, 0.5) is 0 Å². The molecule has 0 saturated heterocycles. The van der Waals surface area contributed by atoms with Gasteiger partial charge in [0.25, 0.3) is 0 Å². The molecule has 14 heavy (non-hydrogen) atoms. The number of aliphatic hydroxyl groups is 1. The predicted octanol–water partition coefficient (Wildman–Crippen LogP) is 1.96. The number of hydrogen-bond acceptors (Lipinski definition) is 2. The van der Waals surface area contributed by atoms with Gasteiger partial charge in [-0.3, -0.25) is 0 Å². The lowest BCUT2D eigenvalue weighted by molar-refractivity contribution is -0.131. The van der Waals surface area contributed by atoms with Crippen LogP contribution in [0.25, 0.3) is 6.08 Å². The summed E-state index contributed by atoms with van der Waals surface area (Å²) < 4.78 is 0. The minimum Gasteiger partial charge on any atom is -0.477 e. The maximum absolute atomic E-state index is 10.3. The van der Waals surface area contributed by atoms with Crippen LogP contribution in [-0.4, -0.2) is 23.3 Å². The van der Waals surface area contributed by atoms with Gasteiger partial charge >= 0.3 is 5.97 Å². The van der Waals surface area contributed by atoms with Crippen molar-refractivity contribution in [2.45, 2.75) is 0 Å². The van der Waals surface area contributed by atoms with Crippen molar-refractivity contribution in [2.24, 2.45) is 0 Å². The molecule has 0 heterocycles. The van der Waals surface area contributed by atoms with E-state index in [2.05, 4.69) is 0 Å². The Morgan fingerprint density at radius 3 is 2.21 bits per heavy atom. The molecule has 4 heteroatoms. The van der Waals surface area contributed by atoms with Crippen molar-refractivity contribution in [3.05, 3.63) is 40.9 Å². The molecule has 0 aromatic heterocycles. The van der Waals surface area contributed by atoms with Crippen molar-refractivity contribution in [3.8, 4) is 0 Å². The van der Waals surface area contributed by atoms with Crippen LogP contribution >= 0.6 is 11.6 Å². The summed E-state index contributed by atoms with van der Waals surface area (Å²) in [4.78, 5) is 10.3. The Morgan fingerprint density at radius 1 is 1.29 bits per heavy atom. The van der Waals surface area contributed by atoms with Gasteiger partial charge < -0.3 is 10.2 Å². The fourth-order valence-corrected chi connectivity index (χ4v) is 0.883. The maximum atomic E-state index is 10.3. The quantitative estimate of drug-likeness (QED) is 0.740. The Labute approximate surface area is 87.3 Å². The molecule has 0 aliphatic rings. The number of benzene rings is 1. The fraction of sp³-hybridized carbons (Fsp3) is 0.100. The minimum absolute atomic E-state index is 0.179. The lowest BCUT2D eigenvalue weighted by atomic mass is 10.2. The van der Waals surface area contributed by atoms with Gasteiger partial charge in [-0.15, -0.1) is 0 Å². The molecule has 0 amide bonds. The largest absolute Gasteiger partial charge is 0.477 e. The van der Waals surface area contributed by atoms with Crippen LogP contribution in [0.2, 0.25) is 0 Å². The van der Waals surface area contributed by atoms with E-state index >= 15 is 0 Å². The van der Waals surface area contributed by atoms with Crippen LogP contribution in [0.1, 0.15) is 5.56 Å². The van der Waals surface area contributed by atoms with Gasteiger partial charge in [-0.05, 0) is 11.6 Å². The number of aliphatic carboxylic acids is 1. The first kappa shape index (κ1) is 12.7. The minimum atomic E-state index is -1.11. The highest BCUT2D eigenvalue weighted by molar-refractivity contribution is 6.42. The summed E-state index contributed by atoms with van der Waals surface area (Å²) in [7, 11) is 1.00. The monoisotopic (exact) mass is 214 g/mol. The van der Waals surface area contributed by atoms with Gasteiger partial charge in [-0.25, -0.2) is 4.79 Å². The van der Waals surface area contributed by atoms with Crippen LogP contribution in [-0.2, 0) is 4.79 Å². The molecule has 0 aliphatic carbocycles. The molecule has 1 aromatic rings. The third-order valence-corrected chi connectivity index (χ3v) is 1.57. The summed E-state index contributed by atoms with van der Waals surface area (Å²) in [5, 5.41) is 15.3. The summed E-state index contributed by atoms with van der Waals surface area (Å²) in [5.41, 5.74) is 0.782. The first-order chi connectivity index (χ1) is 6.70. The van der Waals surface area contributed by atoms with E-state index in [1.54, 1.807) is 12.1 Å². The molecule has 0 radical (unpaired) electrons. The van der Waals surface area contributed by atoms with Crippen molar-refractivity contribution in [2.75, 3.05) is 7.11 Å². The molecule has 2 N–H and O–H groups in total. The molecule has 0 unspecified atom stereocenters. The Hall–Kier alpha value is -1.32. The zero-order valence-electron chi connectivity index (χ0n) is 7.64. The fourth-order valence-electron chi connectivity index (χ4n) is 0.757. The Balaban J connectivity index is 0.000000791. The normalized spacial score (nSPS) is 10.1. The highest BCUT2D eigenvalue weighted by Gasteiger charge is 2.01. The molecule has 3 nitrogen and oxygen atoms in total. The second kappa shape index (κ2) is 7.12. The Bertz CT molecular complexity index is 306. The second-order valence-corrected chi connectivity index (χ2v) is 2.62. The zero-order valence-corrected chi connectivity index (χ0v) is 8.40. The van der Waals surface area contributed by atoms with E-state index in [4.69, 9.17) is 21.8 Å². The van der Waals surface area contributed by atoms with Gasteiger partial charge in [-0.1, -0.05) is 41.9 Å². The standard InChI is InChI=1S/C9H7ClO2.CH4O/c10-8(9(11)12)6-7-4-2-1-3-5-7;1-2/h1-6H,(H,11,12);2H,1H3. The highest BCUT2D eigenvalue weighted by Crippen LogP contribution is 2.09. The molecule has 0 aliphatic heterocycles. The number of rotatable bonds is 2. The Morgan fingerprint density at radius 2 is 1.79 bits per heavy atom. The molecular weight excluding hydrogens is 204 g/mol. The molecule has 0 fully saturated rings. The maximum Gasteiger partial charge on any atom is 0.347 e. The van der Waals surface area contributed by atoms with Crippen molar-refractivity contribution >= 4 is 23.6 Å². The molecule has 0 bridgehead atoms. The van der Waals surface area contributed by atoms with Crippen LogP contribution in [0.3, 0.4) is 0 Å². The summed E-state index contributed by atoms with van der Waals surface area (Å²) in [6.07, 6.45) is 1.41. The molecule has 0 saturated carbocycles. The van der Waals surface area contributed by atoms with Crippen molar-refractivity contribution in [3.63, 3.8) is 0 Å². The zero-order chi connectivity index (χ0) is 11.0. The summed E-state index contributed by atoms with van der Waals surface area (Å²) in [6.45, 7) is 0. The van der Waals surface area contributed by atoms with Gasteiger partial charge in [0, 0.05) is 7.11 Å². The van der Waals surface area contributed by atoms with E-state index in [1.165, 1.54) is 6.08 Å². The van der Waals surface area contributed by atoms with E-state index in [9.17, 15) is 4.79 Å². The number of hydrogen-bond donors (Lipinski definition) is 2. The summed E-state index contributed by atoms with van der Waals surface area (Å²) in [5.74, 6) is -1.11.